The molecule has 12 rings (SSSR count). The highest BCUT2D eigenvalue weighted by molar-refractivity contribution is 6.29. The summed E-state index contributed by atoms with van der Waals surface area (Å²) >= 11 is 0. The molecule has 0 unspecified atom stereocenters. The Kier molecular flexibility index (Phi) is 8.42. The lowest BCUT2D eigenvalue weighted by Crippen LogP contribution is -2.15. The molecule has 0 fully saturated rings. The third-order valence-electron chi connectivity index (χ3n) is 13.1. The molecular formula is C59H46N2O2. The lowest BCUT2D eigenvalue weighted by Gasteiger charge is -2.32. The molecule has 0 aliphatic heterocycles. The molecule has 0 aliphatic carbocycles. The summed E-state index contributed by atoms with van der Waals surface area (Å²) in [6.07, 6.45) is 0. The standard InChI is InChI=1S/C59H46N2O2/c1-35(2)38-14-10-16-42(32-38)60(50-22-12-20-46-44-18-6-8-24-54(44)62-58(46)50)52-34-53(49-29-27-41-31-37(5)30-40-26-28-48(52)57(49)56(40)41)61(43-17-11-15-39(33-43)36(3)4)51-23-13-21-47-45-19-7-9-25-55(45)63-59(47)51/h6-36H,1-5H3. The fraction of sp³-hybridized carbons (Fsp3) is 0.119. The molecule has 0 aliphatic rings. The van der Waals surface area contributed by atoms with E-state index in [1.54, 1.807) is 0 Å². The smallest absolute Gasteiger partial charge is 0.159 e. The largest absolute Gasteiger partial charge is 0.454 e. The number of fused-ring (bicyclic) bond motifs is 6. The second kappa shape index (κ2) is 14.3. The van der Waals surface area contributed by atoms with Crippen LogP contribution < -0.4 is 9.80 Å². The molecule has 0 atom stereocenters. The predicted octanol–water partition coefficient (Wildman–Crippen LogP) is 17.9. The zero-order valence-corrected chi connectivity index (χ0v) is 36.1. The first-order valence-corrected chi connectivity index (χ1v) is 22.1. The summed E-state index contributed by atoms with van der Waals surface area (Å²) in [5.74, 6) is 0.670. The molecule has 12 aromatic rings. The number of para-hydroxylation sites is 4. The fourth-order valence-corrected chi connectivity index (χ4v) is 10.1. The van der Waals surface area contributed by atoms with E-state index in [-0.39, 0.29) is 0 Å². The summed E-state index contributed by atoms with van der Waals surface area (Å²) in [7, 11) is 0. The van der Waals surface area contributed by atoms with Crippen LogP contribution in [0.5, 0.6) is 0 Å². The predicted molar refractivity (Wildman–Crippen MR) is 267 cm³/mol. The maximum Gasteiger partial charge on any atom is 0.159 e. The van der Waals surface area contributed by atoms with Gasteiger partial charge in [0.25, 0.3) is 0 Å². The molecule has 0 amide bonds. The van der Waals surface area contributed by atoms with E-state index in [0.717, 1.165) is 88.8 Å². The number of benzene rings is 10. The SMILES string of the molecule is Cc1cc2ccc3c(N(c4cccc(C(C)C)c4)c4cccc5c4oc4ccccc45)cc(N(c4cccc(C(C)C)c4)c4cccc5c4oc4ccccc45)c4ccc(c1)c2c34. The topological polar surface area (TPSA) is 32.8 Å². The zero-order chi connectivity index (χ0) is 42.5. The Labute approximate surface area is 366 Å². The quantitative estimate of drug-likeness (QED) is 0.143. The Bertz CT molecular complexity index is 3500. The van der Waals surface area contributed by atoms with Crippen molar-refractivity contribution in [2.75, 3.05) is 9.80 Å². The van der Waals surface area contributed by atoms with Gasteiger partial charge in [-0.3, -0.25) is 0 Å². The number of hydrogen-bond donors (Lipinski definition) is 0. The first kappa shape index (κ1) is 37.2. The number of furan rings is 2. The highest BCUT2D eigenvalue weighted by Gasteiger charge is 2.28. The average Bonchev–Trinajstić information content (AvgIpc) is 3.89. The Balaban J connectivity index is 1.26. The van der Waals surface area contributed by atoms with E-state index in [0.29, 0.717) is 11.8 Å². The molecular weight excluding hydrogens is 769 g/mol. The van der Waals surface area contributed by atoms with Crippen molar-refractivity contribution >= 4 is 110 Å². The highest BCUT2D eigenvalue weighted by atomic mass is 16.3. The number of hydrogen-bond acceptors (Lipinski definition) is 4. The lowest BCUT2D eigenvalue weighted by molar-refractivity contribution is 0.669. The van der Waals surface area contributed by atoms with Crippen molar-refractivity contribution in [2.24, 2.45) is 0 Å². The van der Waals surface area contributed by atoms with Crippen LogP contribution in [0.3, 0.4) is 0 Å². The van der Waals surface area contributed by atoms with Crippen LogP contribution in [0.25, 0.3) is 76.2 Å². The third kappa shape index (κ3) is 5.82. The molecule has 0 saturated heterocycles. The number of rotatable bonds is 8. The average molecular weight is 815 g/mol. The molecule has 2 aromatic heterocycles. The Morgan fingerprint density at radius 2 is 0.810 bits per heavy atom. The van der Waals surface area contributed by atoms with Gasteiger partial charge in [0.05, 0.1) is 22.7 Å². The summed E-state index contributed by atoms with van der Waals surface area (Å²) in [5.41, 5.74) is 13.4. The molecule has 0 saturated carbocycles. The van der Waals surface area contributed by atoms with Gasteiger partial charge in [0.15, 0.2) is 11.2 Å². The van der Waals surface area contributed by atoms with E-state index in [1.165, 1.54) is 38.2 Å². The Morgan fingerprint density at radius 1 is 0.365 bits per heavy atom. The zero-order valence-electron chi connectivity index (χ0n) is 36.1. The van der Waals surface area contributed by atoms with Crippen molar-refractivity contribution in [1.82, 2.24) is 0 Å². The minimum atomic E-state index is 0.335. The monoisotopic (exact) mass is 814 g/mol. The molecule has 0 bridgehead atoms. The molecule has 2 heterocycles. The van der Waals surface area contributed by atoms with Crippen molar-refractivity contribution in [2.45, 2.75) is 46.5 Å². The minimum absolute atomic E-state index is 0.335. The van der Waals surface area contributed by atoms with Crippen LogP contribution in [-0.2, 0) is 0 Å². The van der Waals surface area contributed by atoms with Crippen LogP contribution in [0, 0.1) is 6.92 Å². The Morgan fingerprint density at radius 3 is 1.29 bits per heavy atom. The molecule has 0 spiro atoms. The first-order chi connectivity index (χ1) is 30.8. The normalized spacial score (nSPS) is 12.2. The van der Waals surface area contributed by atoms with Gasteiger partial charge in [-0.2, -0.15) is 0 Å². The van der Waals surface area contributed by atoms with Gasteiger partial charge in [0.2, 0.25) is 0 Å². The lowest BCUT2D eigenvalue weighted by atomic mass is 9.90. The van der Waals surface area contributed by atoms with Crippen molar-refractivity contribution in [3.63, 3.8) is 0 Å². The van der Waals surface area contributed by atoms with Gasteiger partial charge in [-0.25, -0.2) is 0 Å². The molecule has 4 nitrogen and oxygen atoms in total. The van der Waals surface area contributed by atoms with Crippen LogP contribution >= 0.6 is 0 Å². The second-order valence-corrected chi connectivity index (χ2v) is 17.8. The summed E-state index contributed by atoms with van der Waals surface area (Å²) in [6, 6.07) is 64.3. The van der Waals surface area contributed by atoms with E-state index in [2.05, 4.69) is 220 Å². The molecule has 10 aromatic carbocycles. The van der Waals surface area contributed by atoms with Gasteiger partial charge in [0, 0.05) is 49.1 Å². The van der Waals surface area contributed by atoms with E-state index in [9.17, 15) is 0 Å². The van der Waals surface area contributed by atoms with Crippen molar-refractivity contribution in [3.8, 4) is 0 Å². The summed E-state index contributed by atoms with van der Waals surface area (Å²) in [5, 5.41) is 11.6. The van der Waals surface area contributed by atoms with Gasteiger partial charge in [-0.05, 0) is 106 Å². The summed E-state index contributed by atoms with van der Waals surface area (Å²) in [4.78, 5) is 4.89. The van der Waals surface area contributed by atoms with Crippen molar-refractivity contribution in [3.05, 3.63) is 193 Å². The summed E-state index contributed by atoms with van der Waals surface area (Å²) < 4.78 is 13.8. The van der Waals surface area contributed by atoms with Crippen LogP contribution in [-0.4, -0.2) is 0 Å². The van der Waals surface area contributed by atoms with Crippen molar-refractivity contribution in [1.29, 1.82) is 0 Å². The number of anilines is 6. The molecule has 63 heavy (non-hydrogen) atoms. The molecule has 304 valence electrons. The van der Waals surface area contributed by atoms with Gasteiger partial charge in [-0.15, -0.1) is 0 Å². The van der Waals surface area contributed by atoms with Crippen LogP contribution in [0.1, 0.15) is 56.2 Å². The van der Waals surface area contributed by atoms with Gasteiger partial charge < -0.3 is 18.6 Å². The maximum absolute atomic E-state index is 6.89. The van der Waals surface area contributed by atoms with Gasteiger partial charge in [-0.1, -0.05) is 149 Å². The van der Waals surface area contributed by atoms with Gasteiger partial charge in [0.1, 0.15) is 11.2 Å². The minimum Gasteiger partial charge on any atom is -0.454 e. The third-order valence-corrected chi connectivity index (χ3v) is 13.1. The summed E-state index contributed by atoms with van der Waals surface area (Å²) in [6.45, 7) is 11.3. The number of aryl methyl sites for hydroxylation is 1. The van der Waals surface area contributed by atoms with E-state index < -0.39 is 0 Å². The molecule has 0 radical (unpaired) electrons. The maximum atomic E-state index is 6.89. The van der Waals surface area contributed by atoms with Crippen molar-refractivity contribution < 1.29 is 8.83 Å². The molecule has 4 heteroatoms. The first-order valence-electron chi connectivity index (χ1n) is 22.1. The number of nitrogens with zero attached hydrogens (tertiary/aromatic N) is 2. The van der Waals surface area contributed by atoms with Crippen LogP contribution in [0.4, 0.5) is 34.1 Å². The molecule has 0 N–H and O–H groups in total. The van der Waals surface area contributed by atoms with Gasteiger partial charge >= 0.3 is 0 Å². The Hall–Kier alpha value is -7.56. The van der Waals surface area contributed by atoms with E-state index in [4.69, 9.17) is 8.83 Å². The highest BCUT2D eigenvalue weighted by Crippen LogP contribution is 2.53. The fourth-order valence-electron chi connectivity index (χ4n) is 10.1. The van der Waals surface area contributed by atoms with Crippen LogP contribution in [0.15, 0.2) is 185 Å². The van der Waals surface area contributed by atoms with E-state index in [1.807, 2.05) is 0 Å². The second-order valence-electron chi connectivity index (χ2n) is 17.8. The van der Waals surface area contributed by atoms with E-state index >= 15 is 0 Å². The van der Waals surface area contributed by atoms with Crippen LogP contribution in [0.2, 0.25) is 0 Å².